The Kier molecular flexibility index (Phi) is 6.23. The molecule has 2 rings (SSSR count). The smallest absolute Gasteiger partial charge is 0.123 e. The first-order valence-corrected chi connectivity index (χ1v) is 7.73. The van der Waals surface area contributed by atoms with Gasteiger partial charge in [-0.2, -0.15) is 0 Å². The van der Waals surface area contributed by atoms with E-state index >= 15 is 0 Å². The van der Waals surface area contributed by atoms with Crippen LogP contribution in [0.15, 0.2) is 52.3 Å². The second-order valence-electron chi connectivity index (χ2n) is 4.81. The Hall–Kier alpha value is -1.36. The van der Waals surface area contributed by atoms with E-state index in [9.17, 15) is 4.39 Å². The molecule has 112 valence electrons. The van der Waals surface area contributed by atoms with Gasteiger partial charge in [-0.1, -0.05) is 17.8 Å². The molecule has 21 heavy (non-hydrogen) atoms. The maximum Gasteiger partial charge on any atom is 0.123 e. The van der Waals surface area contributed by atoms with Gasteiger partial charge in [0, 0.05) is 30.0 Å². The van der Waals surface area contributed by atoms with Crippen LogP contribution in [0.25, 0.3) is 0 Å². The molecule has 2 aromatic carbocycles. The molecule has 0 fully saturated rings. The quantitative estimate of drug-likeness (QED) is 0.781. The molecule has 0 aliphatic carbocycles. The summed E-state index contributed by atoms with van der Waals surface area (Å²) < 4.78 is 17.9. The molecule has 0 aliphatic rings. The van der Waals surface area contributed by atoms with Crippen LogP contribution in [-0.4, -0.2) is 20.3 Å². The zero-order valence-electron chi connectivity index (χ0n) is 12.4. The Balaban J connectivity index is 1.96. The van der Waals surface area contributed by atoms with Crippen LogP contribution < -0.4 is 5.32 Å². The summed E-state index contributed by atoms with van der Waals surface area (Å²) in [5.74, 6) is -0.201. The van der Waals surface area contributed by atoms with E-state index in [-0.39, 0.29) is 5.82 Å². The number of hydrogen-bond donors (Lipinski definition) is 1. The molecule has 0 saturated heterocycles. The van der Waals surface area contributed by atoms with Crippen molar-refractivity contribution in [2.75, 3.05) is 20.3 Å². The average molecular weight is 305 g/mol. The normalized spacial score (nSPS) is 10.8. The van der Waals surface area contributed by atoms with Crippen molar-refractivity contribution in [1.82, 2.24) is 5.32 Å². The van der Waals surface area contributed by atoms with Crippen LogP contribution in [-0.2, 0) is 11.3 Å². The minimum atomic E-state index is -0.201. The summed E-state index contributed by atoms with van der Waals surface area (Å²) in [6, 6.07) is 13.0. The van der Waals surface area contributed by atoms with Gasteiger partial charge in [0.1, 0.15) is 5.82 Å². The van der Waals surface area contributed by atoms with Crippen molar-refractivity contribution in [3.63, 3.8) is 0 Å². The Morgan fingerprint density at radius 3 is 2.48 bits per heavy atom. The molecular weight excluding hydrogens is 285 g/mol. The van der Waals surface area contributed by atoms with E-state index in [4.69, 9.17) is 4.74 Å². The average Bonchev–Trinajstić information content (AvgIpc) is 2.48. The predicted octanol–water partition coefficient (Wildman–Crippen LogP) is 4.02. The molecule has 0 aromatic heterocycles. The van der Waals surface area contributed by atoms with E-state index in [0.29, 0.717) is 0 Å². The van der Waals surface area contributed by atoms with Crippen LogP contribution in [0.3, 0.4) is 0 Å². The van der Waals surface area contributed by atoms with E-state index in [1.807, 2.05) is 0 Å². The summed E-state index contributed by atoms with van der Waals surface area (Å²) in [4.78, 5) is 2.21. The van der Waals surface area contributed by atoms with Crippen molar-refractivity contribution in [1.29, 1.82) is 0 Å². The maximum absolute atomic E-state index is 12.9. The number of halogens is 1. The maximum atomic E-state index is 12.9. The molecule has 0 saturated carbocycles. The van der Waals surface area contributed by atoms with E-state index < -0.39 is 0 Å². The largest absolute Gasteiger partial charge is 0.383 e. The summed E-state index contributed by atoms with van der Waals surface area (Å²) in [5.41, 5.74) is 2.54. The summed E-state index contributed by atoms with van der Waals surface area (Å²) >= 11 is 1.64. The van der Waals surface area contributed by atoms with Crippen LogP contribution in [0.2, 0.25) is 0 Å². The highest BCUT2D eigenvalue weighted by Crippen LogP contribution is 2.29. The highest BCUT2D eigenvalue weighted by atomic mass is 32.2. The number of rotatable bonds is 7. The first-order chi connectivity index (χ1) is 10.2. The van der Waals surface area contributed by atoms with Gasteiger partial charge in [-0.25, -0.2) is 4.39 Å². The lowest BCUT2D eigenvalue weighted by Crippen LogP contribution is -2.19. The van der Waals surface area contributed by atoms with Crippen LogP contribution in [0.1, 0.15) is 11.1 Å². The van der Waals surface area contributed by atoms with Gasteiger partial charge in [0.05, 0.1) is 6.61 Å². The summed E-state index contributed by atoms with van der Waals surface area (Å²) in [7, 11) is 1.70. The molecule has 0 atom stereocenters. The highest BCUT2D eigenvalue weighted by molar-refractivity contribution is 7.99. The summed E-state index contributed by atoms with van der Waals surface area (Å²) in [6.07, 6.45) is 0. The van der Waals surface area contributed by atoms with Gasteiger partial charge >= 0.3 is 0 Å². The Morgan fingerprint density at radius 1 is 1.10 bits per heavy atom. The van der Waals surface area contributed by atoms with E-state index in [2.05, 4.69) is 30.4 Å². The zero-order chi connectivity index (χ0) is 15.1. The highest BCUT2D eigenvalue weighted by Gasteiger charge is 2.02. The molecular formula is C17H20FNOS. The Morgan fingerprint density at radius 2 is 1.81 bits per heavy atom. The predicted molar refractivity (Wildman–Crippen MR) is 85.3 cm³/mol. The first-order valence-electron chi connectivity index (χ1n) is 6.91. The van der Waals surface area contributed by atoms with Gasteiger partial charge in [0.15, 0.2) is 0 Å². The van der Waals surface area contributed by atoms with Crippen LogP contribution >= 0.6 is 11.8 Å². The second-order valence-corrected chi connectivity index (χ2v) is 5.96. The van der Waals surface area contributed by atoms with Crippen LogP contribution in [0, 0.1) is 12.7 Å². The zero-order valence-corrected chi connectivity index (χ0v) is 13.2. The van der Waals surface area contributed by atoms with Crippen molar-refractivity contribution in [3.05, 3.63) is 59.4 Å². The van der Waals surface area contributed by atoms with Gasteiger partial charge < -0.3 is 10.1 Å². The van der Waals surface area contributed by atoms with Gasteiger partial charge in [0.25, 0.3) is 0 Å². The standard InChI is InChI=1S/C17H20FNOS/c1-13-11-17(21-16-7-4-15(18)5-8-16)6-3-14(13)12-19-9-10-20-2/h3-8,11,19H,9-10,12H2,1-2H3. The number of hydrogen-bond acceptors (Lipinski definition) is 3. The number of benzene rings is 2. The first kappa shape index (κ1) is 16.0. The fourth-order valence-electron chi connectivity index (χ4n) is 1.97. The lowest BCUT2D eigenvalue weighted by Gasteiger charge is -2.10. The van der Waals surface area contributed by atoms with Crippen LogP contribution in [0.5, 0.6) is 0 Å². The molecule has 4 heteroatoms. The van der Waals surface area contributed by atoms with E-state index in [1.165, 1.54) is 28.2 Å². The molecule has 0 heterocycles. The number of aryl methyl sites for hydroxylation is 1. The van der Waals surface area contributed by atoms with Gasteiger partial charge in [0.2, 0.25) is 0 Å². The Bertz CT molecular complexity index is 572. The van der Waals surface area contributed by atoms with Gasteiger partial charge in [-0.3, -0.25) is 0 Å². The number of nitrogens with one attached hydrogen (secondary N) is 1. The molecule has 0 radical (unpaired) electrons. The van der Waals surface area contributed by atoms with Crippen molar-refractivity contribution < 1.29 is 9.13 Å². The number of methoxy groups -OCH3 is 1. The molecule has 0 bridgehead atoms. The molecule has 2 aromatic rings. The van der Waals surface area contributed by atoms with E-state index in [1.54, 1.807) is 31.0 Å². The fourth-order valence-corrected chi connectivity index (χ4v) is 2.88. The monoisotopic (exact) mass is 305 g/mol. The second kappa shape index (κ2) is 8.17. The van der Waals surface area contributed by atoms with Crippen molar-refractivity contribution >= 4 is 11.8 Å². The lowest BCUT2D eigenvalue weighted by atomic mass is 10.1. The van der Waals surface area contributed by atoms with Crippen molar-refractivity contribution in [3.8, 4) is 0 Å². The van der Waals surface area contributed by atoms with Crippen molar-refractivity contribution in [2.24, 2.45) is 0 Å². The third-order valence-corrected chi connectivity index (χ3v) is 4.16. The molecule has 0 amide bonds. The topological polar surface area (TPSA) is 21.3 Å². The number of ether oxygens (including phenoxy) is 1. The lowest BCUT2D eigenvalue weighted by molar-refractivity contribution is 0.199. The molecule has 2 nitrogen and oxygen atoms in total. The molecule has 0 unspecified atom stereocenters. The summed E-state index contributed by atoms with van der Waals surface area (Å²) in [5, 5.41) is 3.35. The third kappa shape index (κ3) is 5.16. The summed E-state index contributed by atoms with van der Waals surface area (Å²) in [6.45, 7) is 4.53. The molecule has 0 aliphatic heterocycles. The minimum absolute atomic E-state index is 0.201. The van der Waals surface area contributed by atoms with E-state index in [0.717, 1.165) is 24.6 Å². The van der Waals surface area contributed by atoms with Crippen molar-refractivity contribution in [2.45, 2.75) is 23.3 Å². The third-order valence-electron chi connectivity index (χ3n) is 3.16. The van der Waals surface area contributed by atoms with Gasteiger partial charge in [-0.15, -0.1) is 0 Å². The fraction of sp³-hybridized carbons (Fsp3) is 0.294. The Labute approximate surface area is 129 Å². The van der Waals surface area contributed by atoms with Gasteiger partial charge in [-0.05, 0) is 54.4 Å². The SMILES string of the molecule is COCCNCc1ccc(Sc2ccc(F)cc2)cc1C. The van der Waals surface area contributed by atoms with Crippen LogP contribution in [0.4, 0.5) is 4.39 Å². The molecule has 1 N–H and O–H groups in total. The minimum Gasteiger partial charge on any atom is -0.383 e. The molecule has 0 spiro atoms.